The number of allylic oxidation sites excluding steroid dienone is 4. The van der Waals surface area contributed by atoms with E-state index >= 15 is 0 Å². The number of hydrogen-bond acceptors (Lipinski definition) is 3. The predicted octanol–water partition coefficient (Wildman–Crippen LogP) is 8.39. The predicted molar refractivity (Wildman–Crippen MR) is 133 cm³/mol. The van der Waals surface area contributed by atoms with Crippen LogP contribution in [0.2, 0.25) is 0 Å². The SMILES string of the molecule is CC(C)CCC[C@@H](C)[C@H]1CC[C@H]2[C@@H]3CC=C4C=C(OS(=O)(=O)C(F)(F)F)CC[C@]4(C)[C@H]3CC[C@]12C. The Kier molecular flexibility index (Phi) is 7.27. The molecule has 200 valence electrons. The molecule has 2 saturated carbocycles. The van der Waals surface area contributed by atoms with Crippen LogP contribution in [0.5, 0.6) is 0 Å². The lowest BCUT2D eigenvalue weighted by atomic mass is 9.47. The van der Waals surface area contributed by atoms with Gasteiger partial charge >= 0.3 is 15.6 Å². The summed E-state index contributed by atoms with van der Waals surface area (Å²) in [4.78, 5) is 0. The molecule has 0 aromatic carbocycles. The second-order valence-corrected chi connectivity index (χ2v) is 14.4. The van der Waals surface area contributed by atoms with Crippen LogP contribution in [0.4, 0.5) is 13.2 Å². The Morgan fingerprint density at radius 1 is 1.06 bits per heavy atom. The summed E-state index contributed by atoms with van der Waals surface area (Å²) < 4.78 is 66.0. The quantitative estimate of drug-likeness (QED) is 0.252. The van der Waals surface area contributed by atoms with Crippen molar-refractivity contribution in [2.75, 3.05) is 0 Å². The number of rotatable bonds is 7. The van der Waals surface area contributed by atoms with Crippen LogP contribution in [0.25, 0.3) is 0 Å². The van der Waals surface area contributed by atoms with E-state index in [2.05, 4.69) is 44.9 Å². The fraction of sp³-hybridized carbons (Fsp3) is 0.857. The normalized spacial score (nSPS) is 38.2. The lowest BCUT2D eigenvalue weighted by Gasteiger charge is -2.57. The van der Waals surface area contributed by atoms with E-state index in [0.29, 0.717) is 29.6 Å². The maximum atomic E-state index is 12.8. The molecule has 0 radical (unpaired) electrons. The molecule has 0 aliphatic heterocycles. The number of hydrogen-bond donors (Lipinski definition) is 0. The molecule has 4 rings (SSSR count). The van der Waals surface area contributed by atoms with Crippen LogP contribution in [0.3, 0.4) is 0 Å². The van der Waals surface area contributed by atoms with Gasteiger partial charge in [0.2, 0.25) is 0 Å². The highest BCUT2D eigenvalue weighted by molar-refractivity contribution is 7.87. The summed E-state index contributed by atoms with van der Waals surface area (Å²) in [5, 5.41) is 0. The Morgan fingerprint density at radius 3 is 2.43 bits per heavy atom. The largest absolute Gasteiger partial charge is 0.534 e. The van der Waals surface area contributed by atoms with Gasteiger partial charge in [-0.2, -0.15) is 21.6 Å². The van der Waals surface area contributed by atoms with Crippen molar-refractivity contribution in [1.82, 2.24) is 0 Å². The van der Waals surface area contributed by atoms with Gasteiger partial charge in [-0.25, -0.2) is 0 Å². The summed E-state index contributed by atoms with van der Waals surface area (Å²) in [5.74, 6) is 3.99. The molecule has 7 heteroatoms. The average Bonchev–Trinajstić information content (AvgIpc) is 3.10. The van der Waals surface area contributed by atoms with Gasteiger partial charge in [-0.3, -0.25) is 0 Å². The van der Waals surface area contributed by atoms with Gasteiger partial charge in [0, 0.05) is 6.42 Å². The van der Waals surface area contributed by atoms with Crippen molar-refractivity contribution in [3.8, 4) is 0 Å². The summed E-state index contributed by atoms with van der Waals surface area (Å²) in [6, 6.07) is 0. The molecule has 7 atom stereocenters. The standard InChI is InChI=1S/C28H43F3O3S/c1-18(2)7-6-8-19(3)23-11-12-24-22-10-9-20-17-21(34-35(32,33)28(29,30)31)13-15-26(20,4)25(22)14-16-27(23,24)5/h9,17-19,22-25H,6-8,10-16H2,1-5H3/t19-,22+,23-,24+,25+,26+,27-/m1/s1. The zero-order valence-corrected chi connectivity index (χ0v) is 22.8. The molecule has 0 heterocycles. The van der Waals surface area contributed by atoms with E-state index in [0.717, 1.165) is 36.2 Å². The van der Waals surface area contributed by atoms with Crippen molar-refractivity contribution in [3.05, 3.63) is 23.5 Å². The van der Waals surface area contributed by atoms with E-state index in [1.165, 1.54) is 38.5 Å². The second kappa shape index (κ2) is 9.40. The third-order valence-corrected chi connectivity index (χ3v) is 11.4. The van der Waals surface area contributed by atoms with Gasteiger partial charge in [-0.1, -0.05) is 60.0 Å². The van der Waals surface area contributed by atoms with Crippen LogP contribution in [-0.4, -0.2) is 13.9 Å². The first-order valence-corrected chi connectivity index (χ1v) is 15.0. The molecule has 0 amide bonds. The molecule has 35 heavy (non-hydrogen) atoms. The summed E-state index contributed by atoms with van der Waals surface area (Å²) in [5.41, 5.74) is -4.18. The molecule has 0 spiro atoms. The molecular weight excluding hydrogens is 473 g/mol. The molecule has 0 aromatic rings. The molecular formula is C28H43F3O3S. The van der Waals surface area contributed by atoms with Crippen molar-refractivity contribution < 1.29 is 25.8 Å². The number of fused-ring (bicyclic) bond motifs is 5. The molecule has 2 fully saturated rings. The third-order valence-electron chi connectivity index (χ3n) is 10.4. The van der Waals surface area contributed by atoms with Gasteiger partial charge in [0.25, 0.3) is 0 Å². The summed E-state index contributed by atoms with van der Waals surface area (Å²) in [7, 11) is -5.62. The fourth-order valence-electron chi connectivity index (χ4n) is 8.58. The first-order valence-electron chi connectivity index (χ1n) is 13.6. The first kappa shape index (κ1) is 27.1. The van der Waals surface area contributed by atoms with Crippen LogP contribution in [-0.2, 0) is 14.3 Å². The fourth-order valence-corrected chi connectivity index (χ4v) is 9.09. The Balaban J connectivity index is 1.51. The number of alkyl halides is 3. The van der Waals surface area contributed by atoms with Crippen molar-refractivity contribution in [2.24, 2.45) is 46.3 Å². The van der Waals surface area contributed by atoms with Gasteiger partial charge < -0.3 is 4.18 Å². The second-order valence-electron chi connectivity index (χ2n) is 12.8. The van der Waals surface area contributed by atoms with Crippen molar-refractivity contribution >= 4 is 10.1 Å². The Bertz CT molecular complexity index is 966. The smallest absolute Gasteiger partial charge is 0.381 e. The molecule has 0 bridgehead atoms. The van der Waals surface area contributed by atoms with Gasteiger partial charge in [0.05, 0.1) is 0 Å². The highest BCUT2D eigenvalue weighted by Gasteiger charge is 2.59. The van der Waals surface area contributed by atoms with E-state index in [1.54, 1.807) is 6.08 Å². The Labute approximate surface area is 210 Å². The summed E-state index contributed by atoms with van der Waals surface area (Å²) in [6.45, 7) is 11.9. The van der Waals surface area contributed by atoms with Crippen LogP contribution in [0, 0.1) is 46.3 Å². The van der Waals surface area contributed by atoms with Crippen LogP contribution in [0.15, 0.2) is 23.5 Å². The van der Waals surface area contributed by atoms with E-state index in [-0.39, 0.29) is 17.6 Å². The van der Waals surface area contributed by atoms with Gasteiger partial charge in [-0.05, 0) is 96.5 Å². The molecule has 4 aliphatic rings. The highest BCUT2D eigenvalue weighted by atomic mass is 32.2. The maximum absolute atomic E-state index is 12.8. The third kappa shape index (κ3) is 4.84. The van der Waals surface area contributed by atoms with Crippen LogP contribution < -0.4 is 0 Å². The molecule has 4 aliphatic carbocycles. The van der Waals surface area contributed by atoms with E-state index in [4.69, 9.17) is 0 Å². The molecule has 0 saturated heterocycles. The van der Waals surface area contributed by atoms with Crippen molar-refractivity contribution in [3.63, 3.8) is 0 Å². The topological polar surface area (TPSA) is 43.4 Å². The minimum Gasteiger partial charge on any atom is -0.381 e. The van der Waals surface area contributed by atoms with Gasteiger partial charge in [-0.15, -0.1) is 0 Å². The van der Waals surface area contributed by atoms with Crippen molar-refractivity contribution in [2.45, 2.75) is 104 Å². The lowest BCUT2D eigenvalue weighted by Crippen LogP contribution is -2.49. The molecule has 0 unspecified atom stereocenters. The Morgan fingerprint density at radius 2 is 1.77 bits per heavy atom. The lowest BCUT2D eigenvalue weighted by molar-refractivity contribution is -0.0537. The Hall–Kier alpha value is -0.980. The first-order chi connectivity index (χ1) is 16.2. The zero-order chi connectivity index (χ0) is 25.8. The maximum Gasteiger partial charge on any atom is 0.534 e. The zero-order valence-electron chi connectivity index (χ0n) is 22.0. The van der Waals surface area contributed by atoms with Gasteiger partial charge in [0.1, 0.15) is 5.76 Å². The van der Waals surface area contributed by atoms with Crippen LogP contribution >= 0.6 is 0 Å². The van der Waals surface area contributed by atoms with E-state index < -0.39 is 15.6 Å². The monoisotopic (exact) mass is 516 g/mol. The van der Waals surface area contributed by atoms with E-state index in [1.807, 2.05) is 0 Å². The van der Waals surface area contributed by atoms with E-state index in [9.17, 15) is 21.6 Å². The average molecular weight is 517 g/mol. The summed E-state index contributed by atoms with van der Waals surface area (Å²) >= 11 is 0. The number of halogens is 3. The molecule has 3 nitrogen and oxygen atoms in total. The van der Waals surface area contributed by atoms with Crippen molar-refractivity contribution in [1.29, 1.82) is 0 Å². The minimum atomic E-state index is -5.62. The minimum absolute atomic E-state index is 0.0821. The van der Waals surface area contributed by atoms with Crippen LogP contribution in [0.1, 0.15) is 98.8 Å². The highest BCUT2D eigenvalue weighted by Crippen LogP contribution is 2.67. The summed E-state index contributed by atoms with van der Waals surface area (Å²) in [6.07, 6.45) is 14.4. The molecule has 0 aromatic heterocycles. The molecule has 0 N–H and O–H groups in total. The van der Waals surface area contributed by atoms with Gasteiger partial charge in [0.15, 0.2) is 0 Å².